The van der Waals surface area contributed by atoms with E-state index in [2.05, 4.69) is 20.8 Å². The van der Waals surface area contributed by atoms with Gasteiger partial charge in [-0.1, -0.05) is 25.8 Å². The molecular weight excluding hydrogens is 292 g/mol. The molecule has 0 saturated heterocycles. The Morgan fingerprint density at radius 3 is 2.78 bits per heavy atom. The molecule has 0 aliphatic heterocycles. The molecule has 1 aromatic heterocycles. The molecule has 1 N–H and O–H groups in total. The van der Waals surface area contributed by atoms with E-state index in [0.717, 1.165) is 24.1 Å². The van der Waals surface area contributed by atoms with E-state index < -0.39 is 5.63 Å². The van der Waals surface area contributed by atoms with Crippen molar-refractivity contribution in [2.45, 2.75) is 40.0 Å². The van der Waals surface area contributed by atoms with Gasteiger partial charge in [0.15, 0.2) is 11.3 Å². The summed E-state index contributed by atoms with van der Waals surface area (Å²) in [5, 5.41) is 10.7. The summed E-state index contributed by atoms with van der Waals surface area (Å²) < 4.78 is 10.8. The number of fused-ring (bicyclic) bond motifs is 1. The van der Waals surface area contributed by atoms with Gasteiger partial charge in [-0.25, -0.2) is 4.79 Å². The quantitative estimate of drug-likeness (QED) is 0.596. The number of rotatable bonds is 7. The van der Waals surface area contributed by atoms with Crippen molar-refractivity contribution in [3.05, 3.63) is 46.3 Å². The van der Waals surface area contributed by atoms with Crippen molar-refractivity contribution in [2.24, 2.45) is 5.92 Å². The summed E-state index contributed by atoms with van der Waals surface area (Å²) in [5.41, 5.74) is 1.07. The van der Waals surface area contributed by atoms with Crippen molar-refractivity contribution >= 4 is 11.0 Å². The average Bonchev–Trinajstić information content (AvgIpc) is 2.49. The minimum atomic E-state index is -0.464. The Hall–Kier alpha value is -2.23. The third-order valence-corrected chi connectivity index (χ3v) is 3.74. The number of hydrogen-bond acceptors (Lipinski definition) is 4. The van der Waals surface area contributed by atoms with Crippen molar-refractivity contribution in [3.8, 4) is 11.5 Å². The minimum Gasteiger partial charge on any atom is -0.504 e. The van der Waals surface area contributed by atoms with Crippen LogP contribution in [0.4, 0.5) is 0 Å². The molecule has 0 bridgehead atoms. The van der Waals surface area contributed by atoms with E-state index in [9.17, 15) is 9.90 Å². The smallest absolute Gasteiger partial charge is 0.336 e. The lowest BCUT2D eigenvalue weighted by atomic mass is 10.0. The number of benzene rings is 1. The Bertz CT molecular complexity index is 741. The standard InChI is InChI=1S/C19H24O4/c1-13(2)5-4-6-14(3)11-12-22-19-16(20)9-7-15-8-10-17(21)23-18(15)19/h7-11,13,20H,4-6,12H2,1-3H3. The second kappa shape index (κ2) is 7.86. The van der Waals surface area contributed by atoms with Gasteiger partial charge >= 0.3 is 5.63 Å². The zero-order valence-corrected chi connectivity index (χ0v) is 14.0. The van der Waals surface area contributed by atoms with Crippen LogP contribution in [0.2, 0.25) is 0 Å². The summed E-state index contributed by atoms with van der Waals surface area (Å²) in [6, 6.07) is 6.23. The molecule has 0 atom stereocenters. The highest BCUT2D eigenvalue weighted by atomic mass is 16.5. The van der Waals surface area contributed by atoms with Crippen LogP contribution < -0.4 is 10.4 Å². The van der Waals surface area contributed by atoms with Crippen molar-refractivity contribution in [1.82, 2.24) is 0 Å². The Balaban J connectivity index is 2.06. The van der Waals surface area contributed by atoms with Crippen molar-refractivity contribution < 1.29 is 14.3 Å². The fourth-order valence-corrected chi connectivity index (χ4v) is 2.39. The van der Waals surface area contributed by atoms with Crippen molar-refractivity contribution in [3.63, 3.8) is 0 Å². The molecule has 4 nitrogen and oxygen atoms in total. The fraction of sp³-hybridized carbons (Fsp3) is 0.421. The monoisotopic (exact) mass is 316 g/mol. The van der Waals surface area contributed by atoms with E-state index in [0.29, 0.717) is 6.61 Å². The number of hydrogen-bond donors (Lipinski definition) is 1. The Kier molecular flexibility index (Phi) is 5.85. The van der Waals surface area contributed by atoms with Gasteiger partial charge in [-0.2, -0.15) is 0 Å². The van der Waals surface area contributed by atoms with E-state index in [1.54, 1.807) is 12.1 Å². The van der Waals surface area contributed by atoms with Crippen LogP contribution in [-0.4, -0.2) is 11.7 Å². The molecule has 0 aliphatic carbocycles. The first-order chi connectivity index (χ1) is 11.0. The number of ether oxygens (including phenoxy) is 1. The molecule has 1 aromatic carbocycles. The molecule has 2 rings (SSSR count). The Labute approximate surface area is 136 Å². The van der Waals surface area contributed by atoms with Crippen molar-refractivity contribution in [1.29, 1.82) is 0 Å². The van der Waals surface area contributed by atoms with Crippen LogP contribution in [0.1, 0.15) is 40.0 Å². The molecule has 0 unspecified atom stereocenters. The van der Waals surface area contributed by atoms with Crippen LogP contribution in [0.3, 0.4) is 0 Å². The summed E-state index contributed by atoms with van der Waals surface area (Å²) in [4.78, 5) is 11.4. The molecule has 0 radical (unpaired) electrons. The maximum atomic E-state index is 11.4. The molecule has 0 spiro atoms. The van der Waals surface area contributed by atoms with Gasteiger partial charge in [-0.3, -0.25) is 0 Å². The molecular formula is C19H24O4. The number of aromatic hydroxyl groups is 1. The normalized spacial score (nSPS) is 12.1. The van der Waals surface area contributed by atoms with E-state index in [-0.39, 0.29) is 17.1 Å². The lowest BCUT2D eigenvalue weighted by Gasteiger charge is -2.09. The zero-order valence-electron chi connectivity index (χ0n) is 14.0. The molecule has 0 fully saturated rings. The fourth-order valence-electron chi connectivity index (χ4n) is 2.39. The van der Waals surface area contributed by atoms with Gasteiger partial charge in [-0.15, -0.1) is 0 Å². The summed E-state index contributed by atoms with van der Waals surface area (Å²) in [5.74, 6) is 0.902. The maximum Gasteiger partial charge on any atom is 0.336 e. The zero-order chi connectivity index (χ0) is 16.8. The highest BCUT2D eigenvalue weighted by Gasteiger charge is 2.11. The molecule has 23 heavy (non-hydrogen) atoms. The van der Waals surface area contributed by atoms with Gasteiger partial charge in [-0.05, 0) is 50.0 Å². The molecule has 0 aliphatic rings. The van der Waals surface area contributed by atoms with E-state index in [4.69, 9.17) is 9.15 Å². The van der Waals surface area contributed by atoms with Crippen LogP contribution >= 0.6 is 0 Å². The lowest BCUT2D eigenvalue weighted by Crippen LogP contribution is -1.99. The first-order valence-electron chi connectivity index (χ1n) is 8.01. The average molecular weight is 316 g/mol. The van der Waals surface area contributed by atoms with Gasteiger partial charge < -0.3 is 14.3 Å². The highest BCUT2D eigenvalue weighted by Crippen LogP contribution is 2.33. The SMILES string of the molecule is CC(=CCOc1c(O)ccc2ccc(=O)oc12)CCCC(C)C. The predicted molar refractivity (Wildman–Crippen MR) is 92.1 cm³/mol. The van der Waals surface area contributed by atoms with Gasteiger partial charge in [0.05, 0.1) is 0 Å². The van der Waals surface area contributed by atoms with Crippen LogP contribution in [0.25, 0.3) is 11.0 Å². The second-order valence-electron chi connectivity index (χ2n) is 6.23. The highest BCUT2D eigenvalue weighted by molar-refractivity contribution is 5.85. The summed E-state index contributed by atoms with van der Waals surface area (Å²) in [6.07, 6.45) is 5.41. The molecule has 4 heteroatoms. The molecule has 0 amide bonds. The largest absolute Gasteiger partial charge is 0.504 e. The van der Waals surface area contributed by atoms with Gasteiger partial charge in [0.1, 0.15) is 6.61 Å². The Morgan fingerprint density at radius 1 is 1.30 bits per heavy atom. The summed E-state index contributed by atoms with van der Waals surface area (Å²) >= 11 is 0. The van der Waals surface area contributed by atoms with Gasteiger partial charge in [0.2, 0.25) is 5.75 Å². The van der Waals surface area contributed by atoms with Crippen LogP contribution in [0.5, 0.6) is 11.5 Å². The van der Waals surface area contributed by atoms with Gasteiger partial charge in [0, 0.05) is 11.5 Å². The molecule has 124 valence electrons. The first kappa shape index (κ1) is 17.1. The number of phenols is 1. The molecule has 1 heterocycles. The van der Waals surface area contributed by atoms with E-state index in [1.807, 2.05) is 6.08 Å². The third kappa shape index (κ3) is 4.88. The number of phenolic OH excluding ortho intramolecular Hbond substituents is 1. The maximum absolute atomic E-state index is 11.4. The van der Waals surface area contributed by atoms with Crippen LogP contribution in [-0.2, 0) is 0 Å². The summed E-state index contributed by atoms with van der Waals surface area (Å²) in [6.45, 7) is 6.85. The lowest BCUT2D eigenvalue weighted by molar-refractivity contribution is 0.332. The number of allylic oxidation sites excluding steroid dienone is 1. The predicted octanol–water partition coefficient (Wildman–Crippen LogP) is 4.65. The third-order valence-electron chi connectivity index (χ3n) is 3.74. The second-order valence-corrected chi connectivity index (χ2v) is 6.23. The first-order valence-corrected chi connectivity index (χ1v) is 8.01. The minimum absolute atomic E-state index is 0.0299. The van der Waals surface area contributed by atoms with Crippen molar-refractivity contribution in [2.75, 3.05) is 6.61 Å². The molecule has 2 aromatic rings. The summed E-state index contributed by atoms with van der Waals surface area (Å²) in [7, 11) is 0. The Morgan fingerprint density at radius 2 is 2.04 bits per heavy atom. The van der Waals surface area contributed by atoms with E-state index >= 15 is 0 Å². The van der Waals surface area contributed by atoms with E-state index in [1.165, 1.54) is 24.1 Å². The van der Waals surface area contributed by atoms with Gasteiger partial charge in [0.25, 0.3) is 0 Å². The van der Waals surface area contributed by atoms with Crippen LogP contribution in [0.15, 0.2) is 45.1 Å². The molecule has 0 saturated carbocycles. The van der Waals surface area contributed by atoms with Crippen LogP contribution in [0, 0.1) is 5.92 Å². The topological polar surface area (TPSA) is 59.7 Å².